The third kappa shape index (κ3) is 4.29. The number of hydrogen-bond donors (Lipinski definition) is 1. The summed E-state index contributed by atoms with van der Waals surface area (Å²) in [7, 11) is 3.21. The number of carbonyl (C=O) groups excluding carboxylic acids is 1. The number of thiazole rings is 2. The predicted octanol–water partition coefficient (Wildman–Crippen LogP) is 5.27. The Kier molecular flexibility index (Phi) is 6.08. The van der Waals surface area contributed by atoms with Crippen LogP contribution in [0.25, 0.3) is 26.4 Å². The number of ether oxygens (including phenoxy) is 3. The van der Waals surface area contributed by atoms with Gasteiger partial charge in [-0.15, -0.1) is 11.3 Å². The largest absolute Gasteiger partial charge is 0.494 e. The minimum Gasteiger partial charge on any atom is -0.494 e. The first-order valence-corrected chi connectivity index (χ1v) is 12.3. The summed E-state index contributed by atoms with van der Waals surface area (Å²) in [5.41, 5.74) is 3.39. The number of fused-ring (bicyclic) bond motifs is 2. The van der Waals surface area contributed by atoms with Crippen LogP contribution >= 0.6 is 22.7 Å². The molecule has 0 fully saturated rings. The van der Waals surface area contributed by atoms with Crippen molar-refractivity contribution in [3.63, 3.8) is 0 Å². The number of anilines is 1. The summed E-state index contributed by atoms with van der Waals surface area (Å²) in [6.07, 6.45) is 2.14. The molecule has 0 aliphatic heterocycles. The first-order valence-electron chi connectivity index (χ1n) is 10.6. The van der Waals surface area contributed by atoms with E-state index < -0.39 is 0 Å². The van der Waals surface area contributed by atoms with Gasteiger partial charge in [0.15, 0.2) is 21.6 Å². The molecule has 5 rings (SSSR count). The zero-order chi connectivity index (χ0) is 23.7. The van der Waals surface area contributed by atoms with Gasteiger partial charge in [0, 0.05) is 22.8 Å². The highest BCUT2D eigenvalue weighted by molar-refractivity contribution is 7.22. The summed E-state index contributed by atoms with van der Waals surface area (Å²) in [5, 5.41) is 5.44. The van der Waals surface area contributed by atoms with Crippen LogP contribution in [0.4, 0.5) is 5.13 Å². The maximum absolute atomic E-state index is 12.8. The summed E-state index contributed by atoms with van der Waals surface area (Å²) >= 11 is 2.92. The molecule has 10 heteroatoms. The molecule has 0 aliphatic carbocycles. The average Bonchev–Trinajstić information content (AvgIpc) is 3.53. The summed E-state index contributed by atoms with van der Waals surface area (Å²) in [4.78, 5) is 22.8. The van der Waals surface area contributed by atoms with Crippen molar-refractivity contribution in [1.29, 1.82) is 0 Å². The van der Waals surface area contributed by atoms with Crippen molar-refractivity contribution >= 4 is 48.9 Å². The molecule has 1 N–H and O–H groups in total. The van der Waals surface area contributed by atoms with Crippen LogP contribution in [0.15, 0.2) is 48.0 Å². The van der Waals surface area contributed by atoms with Gasteiger partial charge < -0.3 is 19.5 Å². The van der Waals surface area contributed by atoms with Crippen molar-refractivity contribution in [2.24, 2.45) is 0 Å². The first-order chi connectivity index (χ1) is 16.6. The van der Waals surface area contributed by atoms with Crippen LogP contribution in [-0.4, -0.2) is 41.1 Å². The van der Waals surface area contributed by atoms with Gasteiger partial charge in [-0.3, -0.25) is 9.20 Å². The molecule has 3 heterocycles. The molecular formula is C24H22N4O4S2. The molecule has 0 radical (unpaired) electrons. The number of methoxy groups -OCH3 is 2. The van der Waals surface area contributed by atoms with Gasteiger partial charge in [-0.05, 0) is 43.3 Å². The van der Waals surface area contributed by atoms with E-state index in [0.717, 1.165) is 37.9 Å². The number of imidazole rings is 1. The van der Waals surface area contributed by atoms with Gasteiger partial charge >= 0.3 is 0 Å². The fourth-order valence-electron chi connectivity index (χ4n) is 3.63. The molecule has 8 nitrogen and oxygen atoms in total. The van der Waals surface area contributed by atoms with Crippen molar-refractivity contribution in [3.8, 4) is 28.5 Å². The van der Waals surface area contributed by atoms with E-state index in [1.54, 1.807) is 14.2 Å². The number of carbonyl (C=O) groups is 1. The quantitative estimate of drug-likeness (QED) is 0.316. The Morgan fingerprint density at radius 2 is 1.94 bits per heavy atom. The predicted molar refractivity (Wildman–Crippen MR) is 135 cm³/mol. The van der Waals surface area contributed by atoms with Crippen LogP contribution in [-0.2, 0) is 11.2 Å². The third-order valence-corrected chi connectivity index (χ3v) is 7.04. The van der Waals surface area contributed by atoms with Gasteiger partial charge in [-0.25, -0.2) is 9.97 Å². The molecule has 0 atom stereocenters. The van der Waals surface area contributed by atoms with Gasteiger partial charge in [0.2, 0.25) is 5.91 Å². The van der Waals surface area contributed by atoms with Crippen molar-refractivity contribution < 1.29 is 19.0 Å². The second-order valence-corrected chi connectivity index (χ2v) is 9.25. The molecule has 0 saturated carbocycles. The Balaban J connectivity index is 1.34. The molecule has 0 unspecified atom stereocenters. The van der Waals surface area contributed by atoms with Gasteiger partial charge in [0.05, 0.1) is 43.2 Å². The number of aromatic nitrogens is 3. The maximum atomic E-state index is 12.8. The SMILES string of the molecule is CCOc1ccc2nc(NC(=O)Cc3csc4nc(-c5ccc(OC)c(OC)c5)cn34)sc2c1. The molecule has 0 spiro atoms. The normalized spacial score (nSPS) is 11.1. The lowest BCUT2D eigenvalue weighted by Crippen LogP contribution is -2.15. The molecule has 2 aromatic carbocycles. The molecule has 0 bridgehead atoms. The summed E-state index contributed by atoms with van der Waals surface area (Å²) in [6.45, 7) is 2.55. The highest BCUT2D eigenvalue weighted by atomic mass is 32.1. The fraction of sp³-hybridized carbons (Fsp3) is 0.208. The number of nitrogens with one attached hydrogen (secondary N) is 1. The lowest BCUT2D eigenvalue weighted by molar-refractivity contribution is -0.115. The minimum atomic E-state index is -0.134. The minimum absolute atomic E-state index is 0.134. The van der Waals surface area contributed by atoms with E-state index >= 15 is 0 Å². The van der Waals surface area contributed by atoms with Crippen molar-refractivity contribution in [2.45, 2.75) is 13.3 Å². The zero-order valence-electron chi connectivity index (χ0n) is 18.8. The van der Waals surface area contributed by atoms with E-state index in [-0.39, 0.29) is 12.3 Å². The fourth-order valence-corrected chi connectivity index (χ4v) is 5.42. The van der Waals surface area contributed by atoms with Crippen molar-refractivity contribution in [2.75, 3.05) is 26.1 Å². The monoisotopic (exact) mass is 494 g/mol. The zero-order valence-corrected chi connectivity index (χ0v) is 20.5. The lowest BCUT2D eigenvalue weighted by atomic mass is 10.1. The molecular weight excluding hydrogens is 472 g/mol. The average molecular weight is 495 g/mol. The molecule has 3 aromatic heterocycles. The number of hydrogen-bond acceptors (Lipinski definition) is 8. The molecule has 34 heavy (non-hydrogen) atoms. The number of rotatable bonds is 8. The summed E-state index contributed by atoms with van der Waals surface area (Å²) < 4.78 is 19.2. The second-order valence-electron chi connectivity index (χ2n) is 7.38. The number of nitrogens with zero attached hydrogens (tertiary/aromatic N) is 3. The van der Waals surface area contributed by atoms with Crippen LogP contribution in [0.2, 0.25) is 0 Å². The van der Waals surface area contributed by atoms with Crippen LogP contribution in [0.3, 0.4) is 0 Å². The lowest BCUT2D eigenvalue weighted by Gasteiger charge is -2.08. The van der Waals surface area contributed by atoms with E-state index in [1.165, 1.54) is 22.7 Å². The van der Waals surface area contributed by atoms with Crippen LogP contribution in [0, 0.1) is 0 Å². The van der Waals surface area contributed by atoms with Crippen molar-refractivity contribution in [1.82, 2.24) is 14.4 Å². The summed E-state index contributed by atoms with van der Waals surface area (Å²) in [6, 6.07) is 11.4. The molecule has 174 valence electrons. The Hall–Kier alpha value is -3.63. The smallest absolute Gasteiger partial charge is 0.232 e. The number of benzene rings is 2. The van der Waals surface area contributed by atoms with E-state index in [0.29, 0.717) is 23.2 Å². The molecule has 5 aromatic rings. The molecule has 1 amide bonds. The summed E-state index contributed by atoms with van der Waals surface area (Å²) in [5.74, 6) is 1.96. The second kappa shape index (κ2) is 9.32. The standard InChI is InChI=1S/C24H22N4O4S2/c1-4-32-16-6-7-17-21(11-16)34-23(25-17)27-22(29)10-15-13-33-24-26-18(12-28(15)24)14-5-8-19(30-2)20(9-14)31-3/h5-9,11-13H,4,10H2,1-3H3,(H,25,27,29). The van der Waals surface area contributed by atoms with E-state index in [1.807, 2.05) is 59.3 Å². The maximum Gasteiger partial charge on any atom is 0.232 e. The Morgan fingerprint density at radius 3 is 2.74 bits per heavy atom. The van der Waals surface area contributed by atoms with Gasteiger partial charge in [0.1, 0.15) is 5.75 Å². The first kappa shape index (κ1) is 22.2. The van der Waals surface area contributed by atoms with E-state index in [4.69, 9.17) is 19.2 Å². The van der Waals surface area contributed by atoms with Crippen LogP contribution in [0.5, 0.6) is 17.2 Å². The van der Waals surface area contributed by atoms with Crippen LogP contribution < -0.4 is 19.5 Å². The Labute approximate surface area is 203 Å². The number of amides is 1. The van der Waals surface area contributed by atoms with Crippen LogP contribution in [0.1, 0.15) is 12.6 Å². The van der Waals surface area contributed by atoms with Gasteiger partial charge in [-0.2, -0.15) is 0 Å². The van der Waals surface area contributed by atoms with Gasteiger partial charge in [0.25, 0.3) is 0 Å². The third-order valence-electron chi connectivity index (χ3n) is 5.22. The molecule has 0 aliphatic rings. The topological polar surface area (TPSA) is 87.0 Å². The van der Waals surface area contributed by atoms with E-state index in [2.05, 4.69) is 10.3 Å². The Morgan fingerprint density at radius 1 is 1.09 bits per heavy atom. The van der Waals surface area contributed by atoms with E-state index in [9.17, 15) is 4.79 Å². The highest BCUT2D eigenvalue weighted by Gasteiger charge is 2.15. The highest BCUT2D eigenvalue weighted by Crippen LogP contribution is 2.33. The Bertz CT molecular complexity index is 1490. The molecule has 0 saturated heterocycles. The van der Waals surface area contributed by atoms with Gasteiger partial charge in [-0.1, -0.05) is 11.3 Å². The van der Waals surface area contributed by atoms with Crippen molar-refractivity contribution in [3.05, 3.63) is 53.7 Å².